The van der Waals surface area contributed by atoms with Gasteiger partial charge < -0.3 is 19.3 Å². The first-order valence-electron chi connectivity index (χ1n) is 9.56. The van der Waals surface area contributed by atoms with Crippen LogP contribution in [0.25, 0.3) is 0 Å². The third-order valence-electron chi connectivity index (χ3n) is 4.53. The largest absolute Gasteiger partial charge is 0.490 e. The molecule has 1 aromatic carbocycles. The minimum Gasteiger partial charge on any atom is -0.490 e. The van der Waals surface area contributed by atoms with Crippen LogP contribution in [0.4, 0.5) is 0 Å². The van der Waals surface area contributed by atoms with Crippen LogP contribution in [-0.4, -0.2) is 71.2 Å². The number of hydrogen-bond acceptors (Lipinski definition) is 6. The second-order valence-electron chi connectivity index (χ2n) is 6.50. The Kier molecular flexibility index (Phi) is 6.83. The predicted octanol–water partition coefficient (Wildman–Crippen LogP) is 0.922. The minimum absolute atomic E-state index is 0.0977. The van der Waals surface area contributed by atoms with Gasteiger partial charge in [0.2, 0.25) is 0 Å². The highest BCUT2D eigenvalue weighted by molar-refractivity contribution is 5.92. The Hall–Kier alpha value is -3.36. The molecule has 9 nitrogen and oxygen atoms in total. The molecule has 9 heteroatoms. The number of carbonyl (C=O) groups excluding carboxylic acids is 2. The lowest BCUT2D eigenvalue weighted by Gasteiger charge is -2.22. The summed E-state index contributed by atoms with van der Waals surface area (Å²) in [6.07, 6.45) is 0.649. The van der Waals surface area contributed by atoms with Crippen LogP contribution in [0, 0.1) is 0 Å². The van der Waals surface area contributed by atoms with E-state index in [4.69, 9.17) is 9.47 Å². The van der Waals surface area contributed by atoms with Crippen molar-refractivity contribution in [3.8, 4) is 11.5 Å². The quantitative estimate of drug-likeness (QED) is 0.773. The molecule has 2 heterocycles. The van der Waals surface area contributed by atoms with Crippen LogP contribution in [-0.2, 0) is 4.79 Å². The van der Waals surface area contributed by atoms with Gasteiger partial charge in [0.15, 0.2) is 18.1 Å². The molecular weight excluding hydrogens is 376 g/mol. The lowest BCUT2D eigenvalue weighted by Crippen LogP contribution is -2.39. The summed E-state index contributed by atoms with van der Waals surface area (Å²) in [5, 5.41) is 6.05. The van der Waals surface area contributed by atoms with E-state index >= 15 is 0 Å². The molecule has 2 amide bonds. The fourth-order valence-electron chi connectivity index (χ4n) is 3.07. The van der Waals surface area contributed by atoms with E-state index in [1.54, 1.807) is 21.9 Å². The topological polar surface area (TPSA) is 105 Å². The molecule has 1 aromatic heterocycles. The number of amides is 2. The van der Waals surface area contributed by atoms with Gasteiger partial charge >= 0.3 is 0 Å². The second-order valence-corrected chi connectivity index (χ2v) is 6.50. The Bertz CT molecular complexity index is 893. The number of para-hydroxylation sites is 2. The summed E-state index contributed by atoms with van der Waals surface area (Å²) in [6.45, 7) is 4.14. The molecule has 1 aliphatic rings. The summed E-state index contributed by atoms with van der Waals surface area (Å²) >= 11 is 0. The normalized spacial score (nSPS) is 14.2. The number of nitrogens with one attached hydrogen (secondary N) is 1. The third kappa shape index (κ3) is 5.34. The number of H-pyrrole nitrogens is 1. The zero-order valence-corrected chi connectivity index (χ0v) is 16.3. The molecular formula is C20H24N4O5. The molecule has 0 aliphatic carbocycles. The van der Waals surface area contributed by atoms with Crippen LogP contribution in [0.2, 0.25) is 0 Å². The van der Waals surface area contributed by atoms with Gasteiger partial charge in [-0.15, -0.1) is 0 Å². The van der Waals surface area contributed by atoms with Crippen molar-refractivity contribution in [2.75, 3.05) is 39.4 Å². The summed E-state index contributed by atoms with van der Waals surface area (Å²) < 4.78 is 11.2. The van der Waals surface area contributed by atoms with Crippen molar-refractivity contribution in [3.05, 3.63) is 52.4 Å². The molecule has 1 N–H and O–H groups in total. The van der Waals surface area contributed by atoms with E-state index < -0.39 is 0 Å². The summed E-state index contributed by atoms with van der Waals surface area (Å²) in [5.41, 5.74) is -0.180. The fraction of sp³-hybridized carbons (Fsp3) is 0.400. The molecule has 0 atom stereocenters. The Morgan fingerprint density at radius 3 is 2.38 bits per heavy atom. The number of aromatic nitrogens is 2. The Balaban J connectivity index is 1.55. The van der Waals surface area contributed by atoms with E-state index in [-0.39, 0.29) is 29.7 Å². The molecule has 0 spiro atoms. The molecule has 1 aliphatic heterocycles. The lowest BCUT2D eigenvalue weighted by atomic mass is 10.3. The van der Waals surface area contributed by atoms with Crippen LogP contribution in [0.5, 0.6) is 11.5 Å². The average Bonchev–Trinajstić information content (AvgIpc) is 2.99. The zero-order chi connectivity index (χ0) is 20.6. The van der Waals surface area contributed by atoms with Gasteiger partial charge in [0.05, 0.1) is 6.61 Å². The number of nitrogens with zero attached hydrogens (tertiary/aromatic N) is 3. The van der Waals surface area contributed by atoms with Crippen molar-refractivity contribution in [1.82, 2.24) is 20.0 Å². The van der Waals surface area contributed by atoms with Gasteiger partial charge in [0.25, 0.3) is 17.4 Å². The fourth-order valence-corrected chi connectivity index (χ4v) is 3.07. The Morgan fingerprint density at radius 2 is 1.69 bits per heavy atom. The van der Waals surface area contributed by atoms with Crippen molar-refractivity contribution in [3.63, 3.8) is 0 Å². The van der Waals surface area contributed by atoms with Crippen molar-refractivity contribution < 1.29 is 19.1 Å². The third-order valence-corrected chi connectivity index (χ3v) is 4.53. The molecule has 1 saturated heterocycles. The van der Waals surface area contributed by atoms with E-state index in [9.17, 15) is 14.4 Å². The van der Waals surface area contributed by atoms with Crippen molar-refractivity contribution in [1.29, 1.82) is 0 Å². The standard InChI is InChI=1S/C20H24N4O5/c1-2-28-16-6-3-4-7-17(16)29-14-19(26)23-10-5-11-24(13-12-23)20(27)15-8-9-18(25)22-21-15/h3-4,6-9H,2,5,10-14H2,1H3,(H,22,25). The molecule has 154 valence electrons. The van der Waals surface area contributed by atoms with Crippen LogP contribution in [0.3, 0.4) is 0 Å². The maximum absolute atomic E-state index is 12.6. The molecule has 29 heavy (non-hydrogen) atoms. The van der Waals surface area contributed by atoms with Crippen LogP contribution in [0.15, 0.2) is 41.2 Å². The van der Waals surface area contributed by atoms with E-state index in [0.717, 1.165) is 0 Å². The highest BCUT2D eigenvalue weighted by atomic mass is 16.5. The average molecular weight is 400 g/mol. The molecule has 0 unspecified atom stereocenters. The van der Waals surface area contributed by atoms with Crippen LogP contribution < -0.4 is 15.0 Å². The summed E-state index contributed by atoms with van der Waals surface area (Å²) in [6, 6.07) is 9.89. The number of benzene rings is 1. The maximum Gasteiger partial charge on any atom is 0.274 e. The maximum atomic E-state index is 12.6. The SMILES string of the molecule is CCOc1ccccc1OCC(=O)N1CCCN(C(=O)c2ccc(=O)[nH]n2)CC1. The number of hydrogen-bond donors (Lipinski definition) is 1. The van der Waals surface area contributed by atoms with Gasteiger partial charge in [0.1, 0.15) is 5.69 Å². The van der Waals surface area contributed by atoms with Crippen molar-refractivity contribution >= 4 is 11.8 Å². The first kappa shape index (κ1) is 20.4. The molecule has 0 bridgehead atoms. The van der Waals surface area contributed by atoms with Gasteiger partial charge in [0, 0.05) is 32.2 Å². The van der Waals surface area contributed by atoms with Crippen LogP contribution >= 0.6 is 0 Å². The summed E-state index contributed by atoms with van der Waals surface area (Å²) in [7, 11) is 0. The van der Waals surface area contributed by atoms with Gasteiger partial charge in [-0.25, -0.2) is 5.10 Å². The second kappa shape index (κ2) is 9.72. The van der Waals surface area contributed by atoms with E-state index in [1.807, 2.05) is 19.1 Å². The lowest BCUT2D eigenvalue weighted by molar-refractivity contribution is -0.133. The molecule has 1 fully saturated rings. The summed E-state index contributed by atoms with van der Waals surface area (Å²) in [5.74, 6) is 0.715. The molecule has 2 aromatic rings. The van der Waals surface area contributed by atoms with Crippen LogP contribution in [0.1, 0.15) is 23.8 Å². The molecule has 0 radical (unpaired) electrons. The van der Waals surface area contributed by atoms with E-state index in [1.165, 1.54) is 12.1 Å². The molecule has 3 rings (SSSR count). The zero-order valence-electron chi connectivity index (χ0n) is 16.3. The highest BCUT2D eigenvalue weighted by Crippen LogP contribution is 2.26. The predicted molar refractivity (Wildman–Crippen MR) is 105 cm³/mol. The first-order valence-corrected chi connectivity index (χ1v) is 9.56. The monoisotopic (exact) mass is 400 g/mol. The Labute approximate surface area is 168 Å². The van der Waals surface area contributed by atoms with Gasteiger partial charge in [-0.1, -0.05) is 12.1 Å². The highest BCUT2D eigenvalue weighted by Gasteiger charge is 2.24. The number of carbonyl (C=O) groups is 2. The molecule has 0 saturated carbocycles. The van der Waals surface area contributed by atoms with E-state index in [2.05, 4.69) is 10.2 Å². The van der Waals surface area contributed by atoms with Gasteiger partial charge in [-0.2, -0.15) is 5.10 Å². The number of aromatic amines is 1. The van der Waals surface area contributed by atoms with Gasteiger partial charge in [-0.3, -0.25) is 14.4 Å². The summed E-state index contributed by atoms with van der Waals surface area (Å²) in [4.78, 5) is 39.6. The van der Waals surface area contributed by atoms with Crippen molar-refractivity contribution in [2.45, 2.75) is 13.3 Å². The number of ether oxygens (including phenoxy) is 2. The minimum atomic E-state index is -0.361. The Morgan fingerprint density at radius 1 is 1.00 bits per heavy atom. The van der Waals surface area contributed by atoms with Crippen molar-refractivity contribution in [2.24, 2.45) is 0 Å². The van der Waals surface area contributed by atoms with Gasteiger partial charge in [-0.05, 0) is 31.5 Å². The smallest absolute Gasteiger partial charge is 0.274 e. The number of rotatable bonds is 6. The van der Waals surface area contributed by atoms with E-state index in [0.29, 0.717) is 50.7 Å². The first-order chi connectivity index (χ1) is 14.1.